The summed E-state index contributed by atoms with van der Waals surface area (Å²) in [5.74, 6) is 1.30. The molecule has 0 aliphatic rings. The lowest BCUT2D eigenvalue weighted by Crippen LogP contribution is -2.20. The van der Waals surface area contributed by atoms with Crippen LogP contribution in [0.3, 0.4) is 0 Å². The summed E-state index contributed by atoms with van der Waals surface area (Å²) in [6.45, 7) is 8.37. The molecule has 4 heteroatoms. The third-order valence-corrected chi connectivity index (χ3v) is 3.20. The van der Waals surface area contributed by atoms with Gasteiger partial charge >= 0.3 is 0 Å². The Bertz CT molecular complexity index is 365. The Morgan fingerprint density at radius 3 is 2.39 bits per heavy atom. The number of carbonyl (C=O) groups is 1. The molecule has 0 saturated heterocycles. The van der Waals surface area contributed by atoms with Gasteiger partial charge in [-0.05, 0) is 26.7 Å². The molecule has 0 aliphatic carbocycles. The van der Waals surface area contributed by atoms with E-state index in [1.807, 2.05) is 4.68 Å². The van der Waals surface area contributed by atoms with Gasteiger partial charge in [0.1, 0.15) is 17.9 Å². The number of carbonyl (C=O) groups excluding carboxylic acids is 1. The number of hydrogen-bond donors (Lipinski definition) is 0. The Morgan fingerprint density at radius 2 is 1.89 bits per heavy atom. The molecule has 1 aromatic rings. The second kappa shape index (κ2) is 7.29. The van der Waals surface area contributed by atoms with E-state index in [1.165, 1.54) is 6.33 Å². The summed E-state index contributed by atoms with van der Waals surface area (Å²) in [5.41, 5.74) is 0. The Morgan fingerprint density at radius 1 is 1.28 bits per heavy atom. The van der Waals surface area contributed by atoms with Crippen molar-refractivity contribution in [3.63, 3.8) is 0 Å². The Labute approximate surface area is 110 Å². The van der Waals surface area contributed by atoms with Crippen LogP contribution >= 0.6 is 0 Å². The smallest absolute Gasteiger partial charge is 0.143 e. The molecule has 0 unspecified atom stereocenters. The van der Waals surface area contributed by atoms with E-state index in [0.717, 1.165) is 31.5 Å². The van der Waals surface area contributed by atoms with E-state index < -0.39 is 0 Å². The minimum Gasteiger partial charge on any atom is -0.299 e. The second-order valence-electron chi connectivity index (χ2n) is 5.13. The summed E-state index contributed by atoms with van der Waals surface area (Å²) in [5, 5.41) is 4.17. The van der Waals surface area contributed by atoms with Gasteiger partial charge in [-0.3, -0.25) is 4.79 Å². The molecule has 0 aliphatic heterocycles. The number of aromatic nitrogens is 3. The van der Waals surface area contributed by atoms with Crippen molar-refractivity contribution in [3.8, 4) is 0 Å². The van der Waals surface area contributed by atoms with E-state index in [0.29, 0.717) is 12.2 Å². The molecule has 0 spiro atoms. The Kier molecular flexibility index (Phi) is 6.02. The highest BCUT2D eigenvalue weighted by atomic mass is 16.1. The van der Waals surface area contributed by atoms with Gasteiger partial charge < -0.3 is 0 Å². The summed E-state index contributed by atoms with van der Waals surface area (Å²) < 4.78 is 1.84. The average Bonchev–Trinajstić information content (AvgIpc) is 2.77. The molecule has 0 saturated carbocycles. The first-order valence-electron chi connectivity index (χ1n) is 7.01. The van der Waals surface area contributed by atoms with Crippen molar-refractivity contribution in [2.75, 3.05) is 0 Å². The molecule has 18 heavy (non-hydrogen) atoms. The lowest BCUT2D eigenvalue weighted by atomic mass is 9.92. The Balaban J connectivity index is 2.69. The molecular weight excluding hydrogens is 226 g/mol. The molecule has 0 atom stereocenters. The Hall–Kier alpha value is -1.19. The molecule has 0 amide bonds. The number of hydrogen-bond acceptors (Lipinski definition) is 3. The molecule has 0 N–H and O–H groups in total. The van der Waals surface area contributed by atoms with Crippen molar-refractivity contribution >= 4 is 5.78 Å². The maximum absolute atomic E-state index is 12.3. The molecule has 0 fully saturated rings. The quantitative estimate of drug-likeness (QED) is 0.713. The van der Waals surface area contributed by atoms with Gasteiger partial charge in [0.2, 0.25) is 0 Å². The first kappa shape index (κ1) is 14.9. The topological polar surface area (TPSA) is 47.8 Å². The van der Waals surface area contributed by atoms with Gasteiger partial charge in [-0.2, -0.15) is 5.10 Å². The number of ketones is 1. The highest BCUT2D eigenvalue weighted by Crippen LogP contribution is 2.17. The van der Waals surface area contributed by atoms with E-state index in [2.05, 4.69) is 37.8 Å². The normalized spacial score (nSPS) is 11.4. The third kappa shape index (κ3) is 3.93. The summed E-state index contributed by atoms with van der Waals surface area (Å²) in [6, 6.07) is 0.256. The van der Waals surface area contributed by atoms with E-state index in [-0.39, 0.29) is 12.0 Å². The van der Waals surface area contributed by atoms with Gasteiger partial charge in [0.25, 0.3) is 0 Å². The molecule has 1 heterocycles. The van der Waals surface area contributed by atoms with Crippen LogP contribution in [0, 0.1) is 5.92 Å². The van der Waals surface area contributed by atoms with Crippen LogP contribution in [0.5, 0.6) is 0 Å². The van der Waals surface area contributed by atoms with Crippen molar-refractivity contribution in [3.05, 3.63) is 12.2 Å². The van der Waals surface area contributed by atoms with Gasteiger partial charge in [0.15, 0.2) is 0 Å². The van der Waals surface area contributed by atoms with E-state index >= 15 is 0 Å². The molecule has 4 nitrogen and oxygen atoms in total. The van der Waals surface area contributed by atoms with Gasteiger partial charge in [0.05, 0.1) is 6.42 Å². The number of nitrogens with zero attached hydrogens (tertiary/aromatic N) is 3. The zero-order valence-corrected chi connectivity index (χ0v) is 12.0. The van der Waals surface area contributed by atoms with Crippen LogP contribution in [-0.4, -0.2) is 20.5 Å². The van der Waals surface area contributed by atoms with Crippen LogP contribution in [0.25, 0.3) is 0 Å². The first-order chi connectivity index (χ1) is 8.60. The van der Waals surface area contributed by atoms with E-state index in [9.17, 15) is 4.79 Å². The summed E-state index contributed by atoms with van der Waals surface area (Å²) >= 11 is 0. The maximum atomic E-state index is 12.3. The lowest BCUT2D eigenvalue weighted by Gasteiger charge is -2.14. The van der Waals surface area contributed by atoms with E-state index in [1.54, 1.807) is 0 Å². The van der Waals surface area contributed by atoms with Crippen LogP contribution in [0.1, 0.15) is 65.2 Å². The predicted octanol–water partition coefficient (Wildman–Crippen LogP) is 3.19. The van der Waals surface area contributed by atoms with Gasteiger partial charge in [-0.25, -0.2) is 9.67 Å². The highest BCUT2D eigenvalue weighted by Gasteiger charge is 2.19. The van der Waals surface area contributed by atoms with Crippen LogP contribution in [-0.2, 0) is 11.2 Å². The van der Waals surface area contributed by atoms with Crippen molar-refractivity contribution in [2.45, 2.75) is 65.8 Å². The lowest BCUT2D eigenvalue weighted by molar-refractivity contribution is -0.122. The maximum Gasteiger partial charge on any atom is 0.143 e. The zero-order chi connectivity index (χ0) is 13.5. The molecular formula is C14H25N3O. The largest absolute Gasteiger partial charge is 0.299 e. The van der Waals surface area contributed by atoms with Crippen molar-refractivity contribution in [2.24, 2.45) is 5.92 Å². The fourth-order valence-corrected chi connectivity index (χ4v) is 2.30. The van der Waals surface area contributed by atoms with Crippen LogP contribution in [0.4, 0.5) is 0 Å². The summed E-state index contributed by atoms with van der Waals surface area (Å²) in [6.07, 6.45) is 6.06. The van der Waals surface area contributed by atoms with Crippen LogP contribution in [0.2, 0.25) is 0 Å². The summed E-state index contributed by atoms with van der Waals surface area (Å²) in [4.78, 5) is 16.5. The fourth-order valence-electron chi connectivity index (χ4n) is 2.30. The molecule has 0 bridgehead atoms. The number of Topliss-reactive ketones (excluding diaryl/α,β-unsaturated/α-hetero) is 1. The van der Waals surface area contributed by atoms with Crippen LogP contribution < -0.4 is 0 Å². The monoisotopic (exact) mass is 251 g/mol. The first-order valence-corrected chi connectivity index (χ1v) is 7.01. The standard InChI is InChI=1S/C14H25N3O/c1-5-7-12(8-6-2)13(18)9-14-15-10-16-17(14)11(3)4/h10-12H,5-9H2,1-4H3. The predicted molar refractivity (Wildman–Crippen MR) is 72.4 cm³/mol. The number of rotatable bonds is 8. The van der Waals surface area contributed by atoms with Crippen molar-refractivity contribution in [1.29, 1.82) is 0 Å². The zero-order valence-electron chi connectivity index (χ0n) is 12.0. The van der Waals surface area contributed by atoms with Gasteiger partial charge in [-0.15, -0.1) is 0 Å². The molecule has 1 rings (SSSR count). The second-order valence-corrected chi connectivity index (χ2v) is 5.13. The fraction of sp³-hybridized carbons (Fsp3) is 0.786. The van der Waals surface area contributed by atoms with Gasteiger partial charge in [-0.1, -0.05) is 26.7 Å². The summed E-state index contributed by atoms with van der Waals surface area (Å²) in [7, 11) is 0. The SMILES string of the molecule is CCCC(CCC)C(=O)Cc1ncnn1C(C)C. The van der Waals surface area contributed by atoms with Crippen LogP contribution in [0.15, 0.2) is 6.33 Å². The molecule has 102 valence electrons. The molecule has 0 aromatic carbocycles. The average molecular weight is 251 g/mol. The van der Waals surface area contributed by atoms with Gasteiger partial charge in [0, 0.05) is 12.0 Å². The van der Waals surface area contributed by atoms with Crippen molar-refractivity contribution in [1.82, 2.24) is 14.8 Å². The minimum absolute atomic E-state index is 0.192. The molecule has 1 aromatic heterocycles. The highest BCUT2D eigenvalue weighted by molar-refractivity contribution is 5.82. The molecule has 0 radical (unpaired) electrons. The van der Waals surface area contributed by atoms with Crippen molar-refractivity contribution < 1.29 is 4.79 Å². The third-order valence-electron chi connectivity index (χ3n) is 3.20. The van der Waals surface area contributed by atoms with E-state index in [4.69, 9.17) is 0 Å². The minimum atomic E-state index is 0.192.